The Morgan fingerprint density at radius 2 is 1.93 bits per heavy atom. The van der Waals surface area contributed by atoms with Gasteiger partial charge in [0.15, 0.2) is 0 Å². The van der Waals surface area contributed by atoms with Crippen molar-refractivity contribution in [1.82, 2.24) is 0 Å². The molecule has 0 aliphatic heterocycles. The highest BCUT2D eigenvalue weighted by Gasteiger charge is 2.39. The average Bonchev–Trinajstić information content (AvgIpc) is 2.64. The van der Waals surface area contributed by atoms with Crippen LogP contribution in [0.1, 0.15) is 112 Å². The van der Waals surface area contributed by atoms with Gasteiger partial charge in [-0.1, -0.05) is 90.2 Å². The minimum absolute atomic E-state index is 0.181. The molecule has 0 spiro atoms. The molecule has 0 aromatic carbocycles. The van der Waals surface area contributed by atoms with Crippen molar-refractivity contribution in [1.29, 1.82) is 0 Å². The molecular weight excluding hydrogens is 352 g/mol. The van der Waals surface area contributed by atoms with E-state index in [1.807, 2.05) is 0 Å². The van der Waals surface area contributed by atoms with Gasteiger partial charge in [0, 0.05) is 0 Å². The molecule has 4 atom stereocenters. The van der Waals surface area contributed by atoms with Crippen molar-refractivity contribution >= 4 is 0 Å². The summed E-state index contributed by atoms with van der Waals surface area (Å²) in [5.41, 5.74) is 4.62. The van der Waals surface area contributed by atoms with Crippen LogP contribution in [0.2, 0.25) is 0 Å². The van der Waals surface area contributed by atoms with Crippen molar-refractivity contribution < 1.29 is 5.11 Å². The third-order valence-corrected chi connectivity index (χ3v) is 7.56. The van der Waals surface area contributed by atoms with E-state index in [2.05, 4.69) is 53.3 Å². The van der Waals surface area contributed by atoms with Crippen LogP contribution in [0.25, 0.3) is 0 Å². The topological polar surface area (TPSA) is 20.2 Å². The second-order valence-corrected chi connectivity index (χ2v) is 10.9. The fourth-order valence-electron chi connectivity index (χ4n) is 5.93. The second-order valence-electron chi connectivity index (χ2n) is 10.9. The molecule has 1 heteroatoms. The first-order valence-electron chi connectivity index (χ1n) is 12.5. The van der Waals surface area contributed by atoms with Gasteiger partial charge in [0.1, 0.15) is 0 Å². The Balaban J connectivity index is 2.11. The predicted octanol–water partition coefficient (Wildman–Crippen LogP) is 8.40. The Bertz CT molecular complexity index is 581. The normalized spacial score (nSPS) is 32.3. The Kier molecular flexibility index (Phi) is 9.73. The lowest BCUT2D eigenvalue weighted by atomic mass is 9.60. The molecule has 2 saturated carbocycles. The Labute approximate surface area is 181 Å². The lowest BCUT2D eigenvalue weighted by molar-refractivity contribution is 0.113. The third kappa shape index (κ3) is 7.42. The molecule has 1 N–H and O–H groups in total. The minimum Gasteiger partial charge on any atom is -0.393 e. The van der Waals surface area contributed by atoms with Crippen LogP contribution >= 0.6 is 0 Å². The van der Waals surface area contributed by atoms with E-state index >= 15 is 0 Å². The van der Waals surface area contributed by atoms with Gasteiger partial charge in [0.05, 0.1) is 6.10 Å². The molecule has 0 amide bonds. The summed E-state index contributed by atoms with van der Waals surface area (Å²) in [5.74, 6) is 2.37. The van der Waals surface area contributed by atoms with Crippen LogP contribution in [0, 0.1) is 23.2 Å². The summed E-state index contributed by atoms with van der Waals surface area (Å²) < 4.78 is 0. The molecule has 0 radical (unpaired) electrons. The number of aliphatic hydroxyl groups excluding tert-OH is 1. The Morgan fingerprint density at radius 1 is 1.17 bits per heavy atom. The first-order chi connectivity index (χ1) is 13.7. The Morgan fingerprint density at radius 3 is 2.62 bits per heavy atom. The van der Waals surface area contributed by atoms with Gasteiger partial charge in [-0.25, -0.2) is 0 Å². The zero-order chi connectivity index (χ0) is 21.4. The van der Waals surface area contributed by atoms with Gasteiger partial charge in [-0.2, -0.15) is 0 Å². The smallest absolute Gasteiger partial charge is 0.0583 e. The lowest BCUT2D eigenvalue weighted by Gasteiger charge is -2.45. The molecule has 0 aromatic rings. The molecule has 0 aromatic heterocycles. The fraction of sp³-hybridized carbons (Fsp3) is 0.786. The van der Waals surface area contributed by atoms with Crippen LogP contribution in [-0.2, 0) is 0 Å². The van der Waals surface area contributed by atoms with E-state index in [1.54, 1.807) is 5.57 Å². The quantitative estimate of drug-likeness (QED) is 0.412. The Hall–Kier alpha value is -0.820. The summed E-state index contributed by atoms with van der Waals surface area (Å²) in [6.45, 7) is 16.3. The molecule has 0 bridgehead atoms. The summed E-state index contributed by atoms with van der Waals surface area (Å²) in [5, 5.41) is 10.1. The van der Waals surface area contributed by atoms with Gasteiger partial charge < -0.3 is 5.11 Å². The number of aliphatic hydroxyl groups is 1. The zero-order valence-corrected chi connectivity index (χ0v) is 20.1. The van der Waals surface area contributed by atoms with Crippen molar-refractivity contribution in [2.75, 3.05) is 0 Å². The molecule has 1 nitrogen and oxygen atoms in total. The molecule has 0 heterocycles. The SMILES string of the molecule is C=C1CCC(O)C/C1=C/C=C1\CCCC(C)(CC(C)CCCC(C)C)C1CCC. The van der Waals surface area contributed by atoms with Crippen LogP contribution in [0.4, 0.5) is 0 Å². The lowest BCUT2D eigenvalue weighted by Crippen LogP contribution is -2.34. The molecule has 4 unspecified atom stereocenters. The number of rotatable bonds is 9. The van der Waals surface area contributed by atoms with Gasteiger partial charge in [0.25, 0.3) is 0 Å². The fourth-order valence-corrected chi connectivity index (χ4v) is 5.93. The molecule has 2 aliphatic carbocycles. The van der Waals surface area contributed by atoms with Gasteiger partial charge >= 0.3 is 0 Å². The number of allylic oxidation sites excluding steroid dienone is 4. The number of hydrogen-bond donors (Lipinski definition) is 1. The van der Waals surface area contributed by atoms with Gasteiger partial charge in [-0.05, 0) is 80.1 Å². The summed E-state index contributed by atoms with van der Waals surface area (Å²) in [6, 6.07) is 0. The molecule has 166 valence electrons. The third-order valence-electron chi connectivity index (χ3n) is 7.56. The maximum atomic E-state index is 10.1. The van der Waals surface area contributed by atoms with E-state index in [0.717, 1.165) is 31.1 Å². The van der Waals surface area contributed by atoms with E-state index in [-0.39, 0.29) is 6.10 Å². The van der Waals surface area contributed by atoms with Crippen molar-refractivity contribution in [2.45, 2.75) is 118 Å². The van der Waals surface area contributed by atoms with Crippen molar-refractivity contribution in [3.8, 4) is 0 Å². The molecule has 29 heavy (non-hydrogen) atoms. The van der Waals surface area contributed by atoms with E-state index in [4.69, 9.17) is 0 Å². The summed E-state index contributed by atoms with van der Waals surface area (Å²) in [7, 11) is 0. The van der Waals surface area contributed by atoms with E-state index in [9.17, 15) is 5.11 Å². The maximum Gasteiger partial charge on any atom is 0.0583 e. The summed E-state index contributed by atoms with van der Waals surface area (Å²) in [6.07, 6.45) is 19.2. The minimum atomic E-state index is -0.181. The van der Waals surface area contributed by atoms with E-state index < -0.39 is 0 Å². The first-order valence-corrected chi connectivity index (χ1v) is 12.5. The van der Waals surface area contributed by atoms with Crippen molar-refractivity contribution in [2.24, 2.45) is 23.2 Å². The van der Waals surface area contributed by atoms with Gasteiger partial charge in [-0.3, -0.25) is 0 Å². The van der Waals surface area contributed by atoms with Gasteiger partial charge in [0.2, 0.25) is 0 Å². The van der Waals surface area contributed by atoms with Crippen LogP contribution in [0.5, 0.6) is 0 Å². The standard InChI is InChI=1S/C28H48O/c1-7-10-27-24(15-16-25-19-26(29)17-14-23(25)5)13-9-18-28(27,6)20-22(4)12-8-11-21(2)3/h15-16,21-22,26-27,29H,5,7-14,17-20H2,1-4,6H3/b24-15+,25-16-. The monoisotopic (exact) mass is 400 g/mol. The summed E-state index contributed by atoms with van der Waals surface area (Å²) >= 11 is 0. The van der Waals surface area contributed by atoms with E-state index in [0.29, 0.717) is 11.3 Å². The van der Waals surface area contributed by atoms with Crippen LogP contribution in [0.3, 0.4) is 0 Å². The van der Waals surface area contributed by atoms with Gasteiger partial charge in [-0.15, -0.1) is 0 Å². The number of hydrogen-bond acceptors (Lipinski definition) is 1. The highest BCUT2D eigenvalue weighted by Crippen LogP contribution is 2.50. The van der Waals surface area contributed by atoms with Crippen LogP contribution in [-0.4, -0.2) is 11.2 Å². The predicted molar refractivity (Wildman–Crippen MR) is 128 cm³/mol. The van der Waals surface area contributed by atoms with Crippen molar-refractivity contribution in [3.63, 3.8) is 0 Å². The highest BCUT2D eigenvalue weighted by atomic mass is 16.3. The molecule has 2 rings (SSSR count). The molecule has 0 saturated heterocycles. The molecule has 2 aliphatic rings. The zero-order valence-electron chi connectivity index (χ0n) is 20.1. The van der Waals surface area contributed by atoms with Crippen LogP contribution < -0.4 is 0 Å². The first kappa shape index (κ1) is 24.4. The summed E-state index contributed by atoms with van der Waals surface area (Å²) in [4.78, 5) is 0. The molecule has 2 fully saturated rings. The van der Waals surface area contributed by atoms with Crippen LogP contribution in [0.15, 0.2) is 35.5 Å². The highest BCUT2D eigenvalue weighted by molar-refractivity contribution is 5.36. The second kappa shape index (κ2) is 11.5. The van der Waals surface area contributed by atoms with E-state index in [1.165, 1.54) is 68.9 Å². The largest absolute Gasteiger partial charge is 0.393 e. The average molecular weight is 401 g/mol. The van der Waals surface area contributed by atoms with Crippen molar-refractivity contribution in [3.05, 3.63) is 35.5 Å². The maximum absolute atomic E-state index is 10.1. The molecular formula is C28H48O.